The number of nitrogens with zero attached hydrogens (tertiary/aromatic N) is 3. The number of rotatable bonds is 3. The summed E-state index contributed by atoms with van der Waals surface area (Å²) in [6.45, 7) is 1.88. The van der Waals surface area contributed by atoms with Crippen LogP contribution in [0.4, 0.5) is 11.5 Å². The van der Waals surface area contributed by atoms with E-state index in [-0.39, 0.29) is 22.7 Å². The molecule has 1 N–H and O–H groups in total. The Morgan fingerprint density at radius 2 is 2.17 bits per heavy atom. The fourth-order valence-corrected chi connectivity index (χ4v) is 2.36. The Kier molecular flexibility index (Phi) is 4.32. The largest absolute Gasteiger partial charge is 0.361 e. The molecule has 1 saturated heterocycles. The van der Waals surface area contributed by atoms with Gasteiger partial charge in [-0.25, -0.2) is 4.98 Å². The quantitative estimate of drug-likeness (QED) is 0.400. The monoisotopic (exact) mass is 288 g/mol. The third-order valence-electron chi connectivity index (χ3n) is 2.91. The Balaban J connectivity index is 2.12. The van der Waals surface area contributed by atoms with Crippen molar-refractivity contribution in [2.24, 2.45) is 0 Å². The molecule has 18 heavy (non-hydrogen) atoms. The van der Waals surface area contributed by atoms with Crippen molar-refractivity contribution >= 4 is 32.5 Å². The van der Waals surface area contributed by atoms with Gasteiger partial charge in [-0.15, -0.1) is 0 Å². The smallest absolute Gasteiger partial charge is 0.311 e. The lowest BCUT2D eigenvalue weighted by Gasteiger charge is -2.29. The highest BCUT2D eigenvalue weighted by atomic mass is 35.5. The SMILES string of the molecule is O=[N+]([O-])c1ccc(Cl)nc1NC1CCN(P)CC1. The van der Waals surface area contributed by atoms with E-state index in [1.54, 1.807) is 0 Å². The maximum Gasteiger partial charge on any atom is 0.311 e. The van der Waals surface area contributed by atoms with E-state index in [2.05, 4.69) is 24.4 Å². The van der Waals surface area contributed by atoms with Gasteiger partial charge in [0.25, 0.3) is 0 Å². The molecule has 8 heteroatoms. The minimum absolute atomic E-state index is 0.0345. The highest BCUT2D eigenvalue weighted by molar-refractivity contribution is 7.13. The van der Waals surface area contributed by atoms with E-state index in [1.807, 2.05) is 0 Å². The van der Waals surface area contributed by atoms with Crippen molar-refractivity contribution in [1.29, 1.82) is 0 Å². The summed E-state index contributed by atoms with van der Waals surface area (Å²) >= 11 is 5.78. The van der Waals surface area contributed by atoms with E-state index in [1.165, 1.54) is 12.1 Å². The van der Waals surface area contributed by atoms with E-state index >= 15 is 0 Å². The van der Waals surface area contributed by atoms with Crippen LogP contribution in [-0.2, 0) is 0 Å². The zero-order valence-electron chi connectivity index (χ0n) is 9.67. The van der Waals surface area contributed by atoms with Gasteiger partial charge in [0.15, 0.2) is 0 Å². The summed E-state index contributed by atoms with van der Waals surface area (Å²) in [5.74, 6) is 0.259. The van der Waals surface area contributed by atoms with Crippen LogP contribution in [0.1, 0.15) is 12.8 Å². The second-order valence-electron chi connectivity index (χ2n) is 4.21. The standard InChI is InChI=1S/C10H14ClN4O2P/c11-9-2-1-8(15(16)17)10(13-9)12-7-3-5-14(18)6-4-7/h1-2,7H,3-6,18H2,(H,12,13). The van der Waals surface area contributed by atoms with Crippen molar-refractivity contribution < 1.29 is 4.92 Å². The molecule has 0 aliphatic carbocycles. The molecular formula is C10H14ClN4O2P. The molecule has 98 valence electrons. The lowest BCUT2D eigenvalue weighted by atomic mass is 10.1. The van der Waals surface area contributed by atoms with Crippen LogP contribution in [0.15, 0.2) is 12.1 Å². The molecule has 1 aliphatic heterocycles. The molecule has 0 spiro atoms. The predicted molar refractivity (Wildman–Crippen MR) is 73.8 cm³/mol. The summed E-state index contributed by atoms with van der Waals surface area (Å²) < 4.78 is 2.15. The molecule has 1 aliphatic rings. The lowest BCUT2D eigenvalue weighted by molar-refractivity contribution is -0.384. The van der Waals surface area contributed by atoms with Crippen molar-refractivity contribution in [3.05, 3.63) is 27.4 Å². The van der Waals surface area contributed by atoms with Crippen molar-refractivity contribution in [3.8, 4) is 0 Å². The van der Waals surface area contributed by atoms with Gasteiger partial charge in [-0.1, -0.05) is 21.0 Å². The zero-order valence-corrected chi connectivity index (χ0v) is 11.6. The molecule has 6 nitrogen and oxygen atoms in total. The summed E-state index contributed by atoms with van der Waals surface area (Å²) in [7, 11) is 2.66. The molecule has 1 aromatic heterocycles. The minimum Gasteiger partial charge on any atom is -0.361 e. The molecule has 1 atom stereocenters. The molecule has 0 aromatic carbocycles. The van der Waals surface area contributed by atoms with Gasteiger partial charge < -0.3 is 5.32 Å². The highest BCUT2D eigenvalue weighted by Gasteiger charge is 2.22. The van der Waals surface area contributed by atoms with Gasteiger partial charge in [-0.05, 0) is 18.9 Å². The first-order valence-corrected chi connectivity index (χ1v) is 6.53. The van der Waals surface area contributed by atoms with Crippen molar-refractivity contribution in [2.75, 3.05) is 18.4 Å². The lowest BCUT2D eigenvalue weighted by Crippen LogP contribution is -2.34. The Morgan fingerprint density at radius 3 is 2.78 bits per heavy atom. The molecule has 0 radical (unpaired) electrons. The Bertz CT molecular complexity index is 452. The number of aromatic nitrogens is 1. The average Bonchev–Trinajstić information content (AvgIpc) is 2.32. The second kappa shape index (κ2) is 5.78. The summed E-state index contributed by atoms with van der Waals surface area (Å²) in [5.41, 5.74) is -0.0345. The first kappa shape index (κ1) is 13.5. The zero-order chi connectivity index (χ0) is 13.1. The van der Waals surface area contributed by atoms with Crippen molar-refractivity contribution in [1.82, 2.24) is 9.65 Å². The van der Waals surface area contributed by atoms with Crippen LogP contribution in [0.25, 0.3) is 0 Å². The van der Waals surface area contributed by atoms with E-state index in [4.69, 9.17) is 11.6 Å². The van der Waals surface area contributed by atoms with Gasteiger partial charge >= 0.3 is 5.69 Å². The van der Waals surface area contributed by atoms with Gasteiger partial charge in [-0.3, -0.25) is 14.8 Å². The number of anilines is 1. The highest BCUT2D eigenvalue weighted by Crippen LogP contribution is 2.26. The molecule has 0 amide bonds. The topological polar surface area (TPSA) is 71.3 Å². The molecule has 1 fully saturated rings. The molecule has 2 heterocycles. The van der Waals surface area contributed by atoms with Crippen LogP contribution < -0.4 is 5.32 Å². The maximum atomic E-state index is 10.9. The molecular weight excluding hydrogens is 275 g/mol. The Labute approximate surface area is 112 Å². The number of nitro groups is 1. The molecule has 0 bridgehead atoms. The van der Waals surface area contributed by atoms with Crippen LogP contribution in [0, 0.1) is 10.1 Å². The maximum absolute atomic E-state index is 10.9. The minimum atomic E-state index is -0.448. The summed E-state index contributed by atoms with van der Waals surface area (Å²) in [6.07, 6.45) is 1.85. The number of pyridine rings is 1. The molecule has 2 rings (SSSR count). The number of halogens is 1. The van der Waals surface area contributed by atoms with Crippen molar-refractivity contribution in [2.45, 2.75) is 18.9 Å². The molecule has 0 saturated carbocycles. The number of hydrogen-bond donors (Lipinski definition) is 1. The van der Waals surface area contributed by atoms with E-state index in [0.717, 1.165) is 25.9 Å². The summed E-state index contributed by atoms with van der Waals surface area (Å²) in [4.78, 5) is 14.5. The number of nitrogens with one attached hydrogen (secondary N) is 1. The first-order valence-electron chi connectivity index (χ1n) is 5.63. The van der Waals surface area contributed by atoms with Crippen LogP contribution >= 0.6 is 21.0 Å². The molecule has 1 aromatic rings. The summed E-state index contributed by atoms with van der Waals surface area (Å²) in [5, 5.41) is 14.3. The van der Waals surface area contributed by atoms with Gasteiger partial charge in [0, 0.05) is 25.2 Å². The normalized spacial score (nSPS) is 17.7. The van der Waals surface area contributed by atoms with E-state index in [9.17, 15) is 10.1 Å². The summed E-state index contributed by atoms with van der Waals surface area (Å²) in [6, 6.07) is 3.00. The van der Waals surface area contributed by atoms with Gasteiger partial charge in [0.05, 0.1) is 4.92 Å². The van der Waals surface area contributed by atoms with Gasteiger partial charge in [-0.2, -0.15) is 0 Å². The third-order valence-corrected chi connectivity index (χ3v) is 3.63. The second-order valence-corrected chi connectivity index (χ2v) is 5.33. The number of piperidine rings is 1. The van der Waals surface area contributed by atoms with Crippen LogP contribution in [0.5, 0.6) is 0 Å². The Morgan fingerprint density at radius 1 is 1.50 bits per heavy atom. The predicted octanol–water partition coefficient (Wildman–Crippen LogP) is 2.31. The Hall–Kier alpha value is -0.970. The first-order chi connectivity index (χ1) is 8.56. The average molecular weight is 289 g/mol. The van der Waals surface area contributed by atoms with E-state index in [0.29, 0.717) is 0 Å². The van der Waals surface area contributed by atoms with Crippen molar-refractivity contribution in [3.63, 3.8) is 0 Å². The van der Waals surface area contributed by atoms with Crippen LogP contribution in [-0.4, -0.2) is 33.7 Å². The van der Waals surface area contributed by atoms with Crippen LogP contribution in [0.2, 0.25) is 5.15 Å². The molecule has 1 unspecified atom stereocenters. The van der Waals surface area contributed by atoms with Gasteiger partial charge in [0.2, 0.25) is 5.82 Å². The third kappa shape index (κ3) is 3.28. The van der Waals surface area contributed by atoms with Crippen LogP contribution in [0.3, 0.4) is 0 Å². The van der Waals surface area contributed by atoms with Gasteiger partial charge in [0.1, 0.15) is 5.15 Å². The van der Waals surface area contributed by atoms with E-state index < -0.39 is 4.92 Å². The fraction of sp³-hybridized carbons (Fsp3) is 0.500. The number of hydrogen-bond acceptors (Lipinski definition) is 5. The fourth-order valence-electron chi connectivity index (χ4n) is 1.92.